The smallest absolute Gasteiger partial charge is 0.344 e. The lowest BCUT2D eigenvalue weighted by Gasteiger charge is -2.03. The van der Waals surface area contributed by atoms with Crippen molar-refractivity contribution in [1.29, 1.82) is 0 Å². The molecule has 20 heavy (non-hydrogen) atoms. The molecule has 0 spiro atoms. The third-order valence-corrected chi connectivity index (χ3v) is 3.36. The molecular weight excluding hydrogens is 276 g/mol. The average molecular weight is 292 g/mol. The van der Waals surface area contributed by atoms with E-state index in [0.29, 0.717) is 23.0 Å². The monoisotopic (exact) mass is 292 g/mol. The maximum atomic E-state index is 12.0. The van der Waals surface area contributed by atoms with E-state index < -0.39 is 5.97 Å². The second-order valence-electron chi connectivity index (χ2n) is 3.82. The van der Waals surface area contributed by atoms with Crippen molar-refractivity contribution in [3.05, 3.63) is 30.0 Å². The second-order valence-corrected chi connectivity index (χ2v) is 5.07. The van der Waals surface area contributed by atoms with Crippen LogP contribution in [0.4, 0.5) is 5.82 Å². The van der Waals surface area contributed by atoms with Gasteiger partial charge in [-0.2, -0.15) is 9.78 Å². The Morgan fingerprint density at radius 3 is 2.85 bits per heavy atom. The van der Waals surface area contributed by atoms with Gasteiger partial charge in [0.05, 0.1) is 6.61 Å². The molecule has 0 saturated heterocycles. The number of nitrogen functional groups attached to an aromatic ring is 1. The molecule has 0 aromatic carbocycles. The van der Waals surface area contributed by atoms with Crippen LogP contribution in [0.2, 0.25) is 0 Å². The fourth-order valence-corrected chi connectivity index (χ4v) is 2.44. The topological polar surface area (TPSA) is 83.0 Å². The van der Waals surface area contributed by atoms with Crippen LogP contribution in [0.15, 0.2) is 29.4 Å². The molecule has 7 heteroatoms. The second kappa shape index (κ2) is 6.42. The summed E-state index contributed by atoms with van der Waals surface area (Å²) in [5, 5.41) is 4.93. The van der Waals surface area contributed by atoms with E-state index >= 15 is 0 Å². The van der Waals surface area contributed by atoms with Crippen LogP contribution in [0.1, 0.15) is 24.2 Å². The number of esters is 1. The van der Waals surface area contributed by atoms with Crippen LogP contribution >= 0.6 is 11.8 Å². The van der Waals surface area contributed by atoms with Gasteiger partial charge in [0.2, 0.25) is 0 Å². The van der Waals surface area contributed by atoms with Crippen LogP contribution in [0.25, 0.3) is 5.82 Å². The largest absolute Gasteiger partial charge is 0.462 e. The Labute approximate surface area is 121 Å². The normalized spacial score (nSPS) is 10.5. The summed E-state index contributed by atoms with van der Waals surface area (Å²) in [6.07, 6.45) is 1.65. The molecule has 2 aromatic rings. The highest BCUT2D eigenvalue weighted by Crippen LogP contribution is 2.28. The molecule has 0 amide bonds. The SMILES string of the molecule is CCOC(=O)c1c(SCC)nn(-c2ccccn2)c1N. The van der Waals surface area contributed by atoms with Crippen molar-refractivity contribution in [2.75, 3.05) is 18.1 Å². The number of thioether (sulfide) groups is 1. The van der Waals surface area contributed by atoms with Crippen LogP contribution in [-0.4, -0.2) is 33.1 Å². The van der Waals surface area contributed by atoms with Crippen LogP contribution in [-0.2, 0) is 4.74 Å². The zero-order chi connectivity index (χ0) is 14.5. The van der Waals surface area contributed by atoms with E-state index in [4.69, 9.17) is 10.5 Å². The van der Waals surface area contributed by atoms with E-state index in [1.807, 2.05) is 13.0 Å². The summed E-state index contributed by atoms with van der Waals surface area (Å²) in [5.74, 6) is 1.14. The third kappa shape index (κ3) is 2.77. The van der Waals surface area contributed by atoms with Crippen molar-refractivity contribution in [2.24, 2.45) is 0 Å². The quantitative estimate of drug-likeness (QED) is 0.671. The number of aromatic nitrogens is 3. The summed E-state index contributed by atoms with van der Waals surface area (Å²) >= 11 is 1.45. The molecule has 0 bridgehead atoms. The van der Waals surface area contributed by atoms with Gasteiger partial charge in [-0.1, -0.05) is 13.0 Å². The van der Waals surface area contributed by atoms with E-state index in [1.165, 1.54) is 16.4 Å². The van der Waals surface area contributed by atoms with E-state index in [1.54, 1.807) is 25.3 Å². The van der Waals surface area contributed by atoms with Crippen molar-refractivity contribution in [2.45, 2.75) is 18.9 Å². The molecule has 0 saturated carbocycles. The minimum atomic E-state index is -0.455. The van der Waals surface area contributed by atoms with Crippen molar-refractivity contribution in [3.63, 3.8) is 0 Å². The molecule has 0 aliphatic rings. The van der Waals surface area contributed by atoms with Crippen molar-refractivity contribution in [3.8, 4) is 5.82 Å². The molecule has 6 nitrogen and oxygen atoms in total. The predicted molar refractivity (Wildman–Crippen MR) is 78.1 cm³/mol. The number of carbonyl (C=O) groups excluding carboxylic acids is 1. The van der Waals surface area contributed by atoms with Crippen molar-refractivity contribution in [1.82, 2.24) is 14.8 Å². The van der Waals surface area contributed by atoms with E-state index in [0.717, 1.165) is 5.75 Å². The summed E-state index contributed by atoms with van der Waals surface area (Å²) < 4.78 is 6.50. The summed E-state index contributed by atoms with van der Waals surface area (Å²) in [6, 6.07) is 5.41. The molecular formula is C13H16N4O2S. The highest BCUT2D eigenvalue weighted by Gasteiger charge is 2.24. The van der Waals surface area contributed by atoms with Crippen molar-refractivity contribution >= 4 is 23.5 Å². The number of pyridine rings is 1. The number of ether oxygens (including phenoxy) is 1. The van der Waals surface area contributed by atoms with Crippen LogP contribution in [0, 0.1) is 0 Å². The Bertz CT molecular complexity index is 598. The molecule has 0 aliphatic heterocycles. The first kappa shape index (κ1) is 14.4. The summed E-state index contributed by atoms with van der Waals surface area (Å²) in [7, 11) is 0. The summed E-state index contributed by atoms with van der Waals surface area (Å²) in [4.78, 5) is 16.2. The van der Waals surface area contributed by atoms with Gasteiger partial charge >= 0.3 is 5.97 Å². The Hall–Kier alpha value is -2.02. The lowest BCUT2D eigenvalue weighted by molar-refractivity contribution is 0.0523. The highest BCUT2D eigenvalue weighted by atomic mass is 32.2. The number of nitrogens with zero attached hydrogens (tertiary/aromatic N) is 3. The summed E-state index contributed by atoms with van der Waals surface area (Å²) in [5.41, 5.74) is 6.35. The molecule has 0 aliphatic carbocycles. The Balaban J connectivity index is 2.50. The molecule has 2 N–H and O–H groups in total. The van der Waals surface area contributed by atoms with Gasteiger partial charge in [-0.3, -0.25) is 0 Å². The van der Waals surface area contributed by atoms with E-state index in [9.17, 15) is 4.79 Å². The Kier molecular flexibility index (Phi) is 4.62. The molecule has 0 radical (unpaired) electrons. The summed E-state index contributed by atoms with van der Waals surface area (Å²) in [6.45, 7) is 4.03. The van der Waals surface area contributed by atoms with Crippen LogP contribution in [0.5, 0.6) is 0 Å². The van der Waals surface area contributed by atoms with Gasteiger partial charge in [0.15, 0.2) is 5.82 Å². The van der Waals surface area contributed by atoms with Crippen LogP contribution < -0.4 is 5.73 Å². The molecule has 2 aromatic heterocycles. The van der Waals surface area contributed by atoms with Gasteiger partial charge in [0.25, 0.3) is 0 Å². The standard InChI is InChI=1S/C13H16N4O2S/c1-3-19-13(18)10-11(14)17(16-12(10)20-4-2)9-7-5-6-8-15-9/h5-8H,3-4,14H2,1-2H3. The average Bonchev–Trinajstić information content (AvgIpc) is 2.77. The molecule has 0 fully saturated rings. The number of nitrogens with two attached hydrogens (primary N) is 1. The number of carbonyl (C=O) groups is 1. The molecule has 0 unspecified atom stereocenters. The highest BCUT2D eigenvalue weighted by molar-refractivity contribution is 7.99. The third-order valence-electron chi connectivity index (χ3n) is 2.52. The maximum Gasteiger partial charge on any atom is 0.344 e. The lowest BCUT2D eigenvalue weighted by atomic mass is 10.3. The fraction of sp³-hybridized carbons (Fsp3) is 0.308. The first-order valence-corrected chi connectivity index (χ1v) is 7.27. The number of hydrogen-bond acceptors (Lipinski definition) is 6. The van der Waals surface area contributed by atoms with E-state index in [2.05, 4.69) is 10.1 Å². The Morgan fingerprint density at radius 2 is 2.25 bits per heavy atom. The number of hydrogen-bond donors (Lipinski definition) is 1. The minimum Gasteiger partial charge on any atom is -0.462 e. The van der Waals surface area contributed by atoms with Crippen LogP contribution in [0.3, 0.4) is 0 Å². The van der Waals surface area contributed by atoms with Gasteiger partial charge in [0.1, 0.15) is 16.4 Å². The Morgan fingerprint density at radius 1 is 1.45 bits per heavy atom. The first-order valence-electron chi connectivity index (χ1n) is 6.28. The van der Waals surface area contributed by atoms with Gasteiger partial charge in [-0.15, -0.1) is 11.8 Å². The number of rotatable bonds is 5. The fourth-order valence-electron chi connectivity index (χ4n) is 1.70. The lowest BCUT2D eigenvalue weighted by Crippen LogP contribution is -2.09. The zero-order valence-corrected chi connectivity index (χ0v) is 12.2. The molecule has 2 heterocycles. The van der Waals surface area contributed by atoms with Crippen molar-refractivity contribution < 1.29 is 9.53 Å². The predicted octanol–water partition coefficient (Wildman–Crippen LogP) is 2.14. The van der Waals surface area contributed by atoms with Gasteiger partial charge < -0.3 is 10.5 Å². The molecule has 2 rings (SSSR count). The number of anilines is 1. The van der Waals surface area contributed by atoms with Gasteiger partial charge in [-0.05, 0) is 24.8 Å². The first-order chi connectivity index (χ1) is 9.69. The van der Waals surface area contributed by atoms with E-state index in [-0.39, 0.29) is 5.82 Å². The maximum absolute atomic E-state index is 12.0. The van der Waals surface area contributed by atoms with Gasteiger partial charge in [0, 0.05) is 6.20 Å². The zero-order valence-electron chi connectivity index (χ0n) is 11.4. The minimum absolute atomic E-state index is 0.248. The van der Waals surface area contributed by atoms with Gasteiger partial charge in [-0.25, -0.2) is 9.78 Å². The molecule has 106 valence electrons. The molecule has 0 atom stereocenters.